The molecule has 10 heteroatoms. The van der Waals surface area contributed by atoms with Gasteiger partial charge in [0.2, 0.25) is 0 Å². The number of sulfone groups is 1. The van der Waals surface area contributed by atoms with Gasteiger partial charge in [0.15, 0.2) is 15.8 Å². The predicted molar refractivity (Wildman–Crippen MR) is 128 cm³/mol. The van der Waals surface area contributed by atoms with Crippen LogP contribution in [0.25, 0.3) is 0 Å². The molecule has 0 spiro atoms. The van der Waals surface area contributed by atoms with E-state index in [0.717, 1.165) is 68.7 Å². The van der Waals surface area contributed by atoms with Crippen LogP contribution in [0.3, 0.4) is 0 Å². The number of benzene rings is 1. The van der Waals surface area contributed by atoms with E-state index < -0.39 is 9.84 Å². The zero-order chi connectivity index (χ0) is 20.9. The summed E-state index contributed by atoms with van der Waals surface area (Å²) in [5.41, 5.74) is 2.06. The van der Waals surface area contributed by atoms with E-state index in [0.29, 0.717) is 4.90 Å². The average molecular weight is 547 g/mol. The zero-order valence-corrected chi connectivity index (χ0v) is 20.8. The minimum atomic E-state index is -3.15. The fourth-order valence-corrected chi connectivity index (χ4v) is 4.02. The molecule has 1 aromatic heterocycles. The highest BCUT2D eigenvalue weighted by molar-refractivity contribution is 14.0. The van der Waals surface area contributed by atoms with Crippen LogP contribution >= 0.6 is 24.0 Å². The molecule has 2 heterocycles. The van der Waals surface area contributed by atoms with Gasteiger partial charge in [-0.25, -0.2) is 8.42 Å². The zero-order valence-electron chi connectivity index (χ0n) is 17.7. The maximum absolute atomic E-state index is 11.5. The molecule has 0 aliphatic carbocycles. The average Bonchev–Trinajstić information content (AvgIpc) is 3.10. The Morgan fingerprint density at radius 2 is 1.87 bits per heavy atom. The van der Waals surface area contributed by atoms with Gasteiger partial charge in [0.25, 0.3) is 0 Å². The Morgan fingerprint density at radius 3 is 2.40 bits per heavy atom. The number of halogens is 1. The molecule has 1 aliphatic heterocycles. The number of guanidine groups is 1. The highest BCUT2D eigenvalue weighted by Crippen LogP contribution is 2.11. The second-order valence-corrected chi connectivity index (χ2v) is 9.35. The molecule has 0 atom stereocenters. The quantitative estimate of drug-likeness (QED) is 0.336. The van der Waals surface area contributed by atoms with Crippen LogP contribution in [0.15, 0.2) is 44.7 Å². The van der Waals surface area contributed by atoms with Crippen molar-refractivity contribution in [2.24, 2.45) is 4.99 Å². The van der Waals surface area contributed by atoms with Gasteiger partial charge in [-0.2, -0.15) is 0 Å². The minimum Gasteiger partial charge on any atom is -0.361 e. The molecule has 2 aromatic rings. The number of aromatic nitrogens is 1. The summed E-state index contributed by atoms with van der Waals surface area (Å²) in [5.74, 6) is 1.74. The molecule has 1 aromatic carbocycles. The number of piperazine rings is 1. The molecule has 0 bridgehead atoms. The van der Waals surface area contributed by atoms with Gasteiger partial charge in [0.1, 0.15) is 5.76 Å². The maximum Gasteiger partial charge on any atom is 0.193 e. The lowest BCUT2D eigenvalue weighted by Crippen LogP contribution is -2.52. The van der Waals surface area contributed by atoms with E-state index in [2.05, 4.69) is 25.3 Å². The molecule has 3 rings (SSSR count). The van der Waals surface area contributed by atoms with E-state index in [1.165, 1.54) is 6.26 Å². The smallest absolute Gasteiger partial charge is 0.193 e. The molecule has 30 heavy (non-hydrogen) atoms. The fraction of sp³-hybridized carbons (Fsp3) is 0.500. The van der Waals surface area contributed by atoms with E-state index >= 15 is 0 Å². The molecule has 0 unspecified atom stereocenters. The summed E-state index contributed by atoms with van der Waals surface area (Å²) in [6.45, 7) is 7.15. The molecule has 1 N–H and O–H groups in total. The molecular formula is C20H30IN5O3S. The molecule has 8 nitrogen and oxygen atoms in total. The van der Waals surface area contributed by atoms with Crippen molar-refractivity contribution >= 4 is 39.8 Å². The van der Waals surface area contributed by atoms with Crippen LogP contribution in [0.4, 0.5) is 0 Å². The SMILES string of the molecule is CN=C(NCCc1ccc(S(C)(=O)=O)cc1)N1CCN(Cc2cc(C)on2)CC1.I. The second-order valence-electron chi connectivity index (χ2n) is 7.33. The first-order valence-corrected chi connectivity index (χ1v) is 11.6. The maximum atomic E-state index is 11.5. The number of rotatable bonds is 6. The van der Waals surface area contributed by atoms with Crippen LogP contribution in [-0.2, 0) is 22.8 Å². The lowest BCUT2D eigenvalue weighted by Gasteiger charge is -2.36. The highest BCUT2D eigenvalue weighted by Gasteiger charge is 2.20. The molecule has 1 saturated heterocycles. The summed E-state index contributed by atoms with van der Waals surface area (Å²) >= 11 is 0. The summed E-state index contributed by atoms with van der Waals surface area (Å²) in [6.07, 6.45) is 2.02. The Morgan fingerprint density at radius 1 is 1.20 bits per heavy atom. The summed E-state index contributed by atoms with van der Waals surface area (Å²) in [5, 5.41) is 7.48. The van der Waals surface area contributed by atoms with Crippen LogP contribution in [0.2, 0.25) is 0 Å². The third-order valence-corrected chi connectivity index (χ3v) is 6.12. The molecule has 0 amide bonds. The molecular weight excluding hydrogens is 517 g/mol. The summed E-state index contributed by atoms with van der Waals surface area (Å²) in [4.78, 5) is 9.39. The van der Waals surface area contributed by atoms with Crippen LogP contribution in [0.1, 0.15) is 17.0 Å². The van der Waals surface area contributed by atoms with Gasteiger partial charge in [-0.3, -0.25) is 9.89 Å². The number of hydrogen-bond acceptors (Lipinski definition) is 6. The third-order valence-electron chi connectivity index (χ3n) is 4.99. The van der Waals surface area contributed by atoms with Gasteiger partial charge in [-0.1, -0.05) is 17.3 Å². The van der Waals surface area contributed by atoms with Gasteiger partial charge in [-0.15, -0.1) is 24.0 Å². The Labute approximate surface area is 195 Å². The van der Waals surface area contributed by atoms with Gasteiger partial charge in [0, 0.05) is 58.6 Å². The van der Waals surface area contributed by atoms with E-state index in [9.17, 15) is 8.42 Å². The summed E-state index contributed by atoms with van der Waals surface area (Å²) in [6, 6.07) is 9.04. The minimum absolute atomic E-state index is 0. The molecule has 1 aliphatic rings. The van der Waals surface area contributed by atoms with Crippen molar-refractivity contribution in [2.75, 3.05) is 46.0 Å². The number of aryl methyl sites for hydroxylation is 1. The van der Waals surface area contributed by atoms with Crippen LogP contribution in [0.5, 0.6) is 0 Å². The topological polar surface area (TPSA) is 91.0 Å². The normalized spacial score (nSPS) is 15.7. The lowest BCUT2D eigenvalue weighted by atomic mass is 10.1. The Bertz CT molecular complexity index is 936. The first-order chi connectivity index (χ1) is 13.8. The van der Waals surface area contributed by atoms with Crippen LogP contribution < -0.4 is 5.32 Å². The largest absolute Gasteiger partial charge is 0.361 e. The van der Waals surface area contributed by atoms with Crippen molar-refractivity contribution < 1.29 is 12.9 Å². The summed E-state index contributed by atoms with van der Waals surface area (Å²) < 4.78 is 28.2. The second kappa shape index (κ2) is 11.1. The number of hydrogen-bond donors (Lipinski definition) is 1. The highest BCUT2D eigenvalue weighted by atomic mass is 127. The van der Waals surface area contributed by atoms with Gasteiger partial charge in [0.05, 0.1) is 10.6 Å². The number of aliphatic imine (C=N–C) groups is 1. The first-order valence-electron chi connectivity index (χ1n) is 9.74. The Kier molecular flexibility index (Phi) is 9.10. The summed E-state index contributed by atoms with van der Waals surface area (Å²) in [7, 11) is -1.35. The van der Waals surface area contributed by atoms with E-state index in [-0.39, 0.29) is 24.0 Å². The van der Waals surface area contributed by atoms with Crippen molar-refractivity contribution in [2.45, 2.75) is 24.8 Å². The van der Waals surface area contributed by atoms with Gasteiger partial charge in [-0.05, 0) is 31.0 Å². The number of nitrogens with zero attached hydrogens (tertiary/aromatic N) is 4. The van der Waals surface area contributed by atoms with Crippen LogP contribution in [-0.4, -0.2) is 75.4 Å². The van der Waals surface area contributed by atoms with Crippen molar-refractivity contribution in [3.8, 4) is 0 Å². The lowest BCUT2D eigenvalue weighted by molar-refractivity contribution is 0.169. The fourth-order valence-electron chi connectivity index (χ4n) is 3.39. The van der Waals surface area contributed by atoms with Crippen molar-refractivity contribution in [3.63, 3.8) is 0 Å². The van der Waals surface area contributed by atoms with Crippen molar-refractivity contribution in [3.05, 3.63) is 47.3 Å². The Hall–Kier alpha value is -1.66. The molecule has 166 valence electrons. The first kappa shape index (κ1) is 24.6. The van der Waals surface area contributed by atoms with Gasteiger partial charge < -0.3 is 14.7 Å². The number of nitrogens with one attached hydrogen (secondary N) is 1. The molecule has 1 fully saturated rings. The standard InChI is InChI=1S/C20H29N5O3S.HI/c1-16-14-18(23-28-16)15-24-10-12-25(13-11-24)20(21-2)22-9-8-17-4-6-19(7-5-17)29(3,26)27;/h4-7,14H,8-13,15H2,1-3H3,(H,21,22);1H. The molecule has 0 saturated carbocycles. The Balaban J connectivity index is 0.00000320. The van der Waals surface area contributed by atoms with E-state index in [1.807, 2.05) is 25.1 Å². The van der Waals surface area contributed by atoms with Crippen LogP contribution in [0, 0.1) is 6.92 Å². The van der Waals surface area contributed by atoms with E-state index in [4.69, 9.17) is 4.52 Å². The van der Waals surface area contributed by atoms with Crippen molar-refractivity contribution in [1.82, 2.24) is 20.3 Å². The third kappa shape index (κ3) is 6.95. The van der Waals surface area contributed by atoms with Gasteiger partial charge >= 0.3 is 0 Å². The van der Waals surface area contributed by atoms with Crippen molar-refractivity contribution in [1.29, 1.82) is 0 Å². The predicted octanol–water partition coefficient (Wildman–Crippen LogP) is 1.94. The molecule has 0 radical (unpaired) electrons. The van der Waals surface area contributed by atoms with E-state index in [1.54, 1.807) is 19.2 Å². The monoisotopic (exact) mass is 547 g/mol.